The Hall–Kier alpha value is -0.130. The van der Waals surface area contributed by atoms with Gasteiger partial charge in [0.05, 0.1) is 0 Å². The van der Waals surface area contributed by atoms with Crippen LogP contribution in [-0.4, -0.2) is 42.8 Å². The second-order valence-electron chi connectivity index (χ2n) is 4.48. The van der Waals surface area contributed by atoms with Crippen LogP contribution in [0.3, 0.4) is 0 Å². The summed E-state index contributed by atoms with van der Waals surface area (Å²) in [7, 11) is 0. The third-order valence-electron chi connectivity index (χ3n) is 3.32. The molecule has 1 heterocycles. The second-order valence-corrected chi connectivity index (χ2v) is 5.77. The normalized spacial score (nSPS) is 18.8. The van der Waals surface area contributed by atoms with E-state index in [1.807, 2.05) is 12.1 Å². The van der Waals surface area contributed by atoms with Gasteiger partial charge in [-0.1, -0.05) is 33.6 Å². The van der Waals surface area contributed by atoms with Gasteiger partial charge in [0, 0.05) is 48.3 Å². The minimum atomic E-state index is 0.198. The number of aliphatic hydroxyl groups is 1. The van der Waals surface area contributed by atoms with Crippen molar-refractivity contribution in [2.24, 2.45) is 0 Å². The van der Waals surface area contributed by atoms with Gasteiger partial charge in [0.15, 0.2) is 0 Å². The largest absolute Gasteiger partial charge is 0.396 e. The molecule has 1 atom stereocenters. The molecule has 1 fully saturated rings. The molecule has 1 aromatic carbocycles. The number of benzene rings is 1. The van der Waals surface area contributed by atoms with Crippen molar-refractivity contribution in [3.63, 3.8) is 0 Å². The number of halogens is 2. The standard InChI is InChI=1S/C13H18BrClN2O/c14-12-9-10(15)1-2-11(12)13(3-8-18)17-6-4-16-5-7-17/h1-2,9,13,16,18H,3-8H2/t13-/m1/s1. The van der Waals surface area contributed by atoms with E-state index in [2.05, 4.69) is 32.2 Å². The molecule has 0 saturated carbocycles. The summed E-state index contributed by atoms with van der Waals surface area (Å²) < 4.78 is 1.02. The zero-order valence-electron chi connectivity index (χ0n) is 10.2. The van der Waals surface area contributed by atoms with Crippen LogP contribution in [-0.2, 0) is 0 Å². The molecule has 0 spiro atoms. The van der Waals surface area contributed by atoms with Crippen LogP contribution in [0.25, 0.3) is 0 Å². The summed E-state index contributed by atoms with van der Waals surface area (Å²) in [5.74, 6) is 0. The molecular formula is C13H18BrClN2O. The first-order valence-electron chi connectivity index (χ1n) is 6.23. The molecule has 18 heavy (non-hydrogen) atoms. The van der Waals surface area contributed by atoms with Gasteiger partial charge >= 0.3 is 0 Å². The molecule has 0 bridgehead atoms. The molecule has 1 aliphatic heterocycles. The minimum Gasteiger partial charge on any atom is -0.396 e. The van der Waals surface area contributed by atoms with Gasteiger partial charge in [0.25, 0.3) is 0 Å². The average molecular weight is 334 g/mol. The van der Waals surface area contributed by atoms with Crippen LogP contribution < -0.4 is 5.32 Å². The zero-order valence-corrected chi connectivity index (χ0v) is 12.5. The van der Waals surface area contributed by atoms with Crippen molar-refractivity contribution in [3.8, 4) is 0 Å². The third kappa shape index (κ3) is 3.45. The maximum Gasteiger partial charge on any atom is 0.0449 e. The van der Waals surface area contributed by atoms with E-state index in [4.69, 9.17) is 11.6 Å². The summed E-state index contributed by atoms with van der Waals surface area (Å²) in [4.78, 5) is 2.42. The fourth-order valence-electron chi connectivity index (χ4n) is 2.42. The lowest BCUT2D eigenvalue weighted by Crippen LogP contribution is -2.45. The Bertz CT molecular complexity index is 397. The molecule has 1 saturated heterocycles. The van der Waals surface area contributed by atoms with Crippen molar-refractivity contribution in [3.05, 3.63) is 33.3 Å². The van der Waals surface area contributed by atoms with Crippen LogP contribution in [0, 0.1) is 0 Å². The molecule has 0 radical (unpaired) electrons. The van der Waals surface area contributed by atoms with Crippen LogP contribution in [0.5, 0.6) is 0 Å². The predicted octanol–water partition coefficient (Wildman–Crippen LogP) is 2.43. The molecule has 0 aliphatic carbocycles. The van der Waals surface area contributed by atoms with Gasteiger partial charge < -0.3 is 10.4 Å². The van der Waals surface area contributed by atoms with Crippen LogP contribution >= 0.6 is 27.5 Å². The van der Waals surface area contributed by atoms with E-state index in [1.165, 1.54) is 5.56 Å². The van der Waals surface area contributed by atoms with E-state index in [9.17, 15) is 5.11 Å². The summed E-state index contributed by atoms with van der Waals surface area (Å²) in [6, 6.07) is 6.13. The number of nitrogens with one attached hydrogen (secondary N) is 1. The maximum atomic E-state index is 9.29. The monoisotopic (exact) mass is 332 g/mol. The van der Waals surface area contributed by atoms with Gasteiger partial charge in [0.2, 0.25) is 0 Å². The van der Waals surface area contributed by atoms with E-state index < -0.39 is 0 Å². The summed E-state index contributed by atoms with van der Waals surface area (Å²) in [6.45, 7) is 4.24. The van der Waals surface area contributed by atoms with E-state index in [0.29, 0.717) is 0 Å². The summed E-state index contributed by atoms with van der Waals surface area (Å²) in [5.41, 5.74) is 1.20. The highest BCUT2D eigenvalue weighted by Gasteiger charge is 2.23. The molecule has 5 heteroatoms. The first-order valence-corrected chi connectivity index (χ1v) is 7.40. The Morgan fingerprint density at radius 1 is 1.39 bits per heavy atom. The molecular weight excluding hydrogens is 316 g/mol. The highest BCUT2D eigenvalue weighted by Crippen LogP contribution is 2.32. The average Bonchev–Trinajstić information content (AvgIpc) is 2.38. The molecule has 3 nitrogen and oxygen atoms in total. The van der Waals surface area contributed by atoms with Gasteiger partial charge in [0.1, 0.15) is 0 Å². The Morgan fingerprint density at radius 3 is 2.72 bits per heavy atom. The van der Waals surface area contributed by atoms with Crippen molar-refractivity contribution >= 4 is 27.5 Å². The van der Waals surface area contributed by atoms with Crippen molar-refractivity contribution < 1.29 is 5.11 Å². The topological polar surface area (TPSA) is 35.5 Å². The summed E-state index contributed by atoms with van der Waals surface area (Å²) in [6.07, 6.45) is 0.750. The second kappa shape index (κ2) is 6.87. The lowest BCUT2D eigenvalue weighted by atomic mass is 10.0. The molecule has 2 N–H and O–H groups in total. The summed E-state index contributed by atoms with van der Waals surface area (Å²) >= 11 is 9.56. The van der Waals surface area contributed by atoms with Crippen molar-refractivity contribution in [2.75, 3.05) is 32.8 Å². The van der Waals surface area contributed by atoms with Gasteiger partial charge in [-0.25, -0.2) is 0 Å². The number of aliphatic hydroxyl groups excluding tert-OH is 1. The predicted molar refractivity (Wildman–Crippen MR) is 78.0 cm³/mol. The zero-order chi connectivity index (χ0) is 13.0. The smallest absolute Gasteiger partial charge is 0.0449 e. The van der Waals surface area contributed by atoms with E-state index >= 15 is 0 Å². The van der Waals surface area contributed by atoms with E-state index in [-0.39, 0.29) is 12.6 Å². The SMILES string of the molecule is OCC[C@H](c1ccc(Cl)cc1Br)N1CCNCC1. The Kier molecular flexibility index (Phi) is 5.45. The number of hydrogen-bond acceptors (Lipinski definition) is 3. The lowest BCUT2D eigenvalue weighted by molar-refractivity contribution is 0.140. The summed E-state index contributed by atoms with van der Waals surface area (Å²) in [5, 5.41) is 13.4. The molecule has 100 valence electrons. The van der Waals surface area contributed by atoms with Crippen molar-refractivity contribution in [1.29, 1.82) is 0 Å². The highest BCUT2D eigenvalue weighted by atomic mass is 79.9. The van der Waals surface area contributed by atoms with E-state index in [1.54, 1.807) is 0 Å². The van der Waals surface area contributed by atoms with Crippen LogP contribution in [0.1, 0.15) is 18.0 Å². The van der Waals surface area contributed by atoms with E-state index in [0.717, 1.165) is 42.1 Å². The lowest BCUT2D eigenvalue weighted by Gasteiger charge is -2.35. The molecule has 0 aromatic heterocycles. The van der Waals surface area contributed by atoms with Gasteiger partial charge in [-0.15, -0.1) is 0 Å². The number of rotatable bonds is 4. The molecule has 0 amide bonds. The quantitative estimate of drug-likeness (QED) is 0.888. The molecule has 0 unspecified atom stereocenters. The first-order chi connectivity index (χ1) is 8.72. The molecule has 2 rings (SSSR count). The van der Waals surface area contributed by atoms with Crippen molar-refractivity contribution in [1.82, 2.24) is 10.2 Å². The molecule has 1 aliphatic rings. The van der Waals surface area contributed by atoms with Gasteiger partial charge in [-0.2, -0.15) is 0 Å². The van der Waals surface area contributed by atoms with Gasteiger partial charge in [-0.3, -0.25) is 4.90 Å². The van der Waals surface area contributed by atoms with Crippen molar-refractivity contribution in [2.45, 2.75) is 12.5 Å². The molecule has 1 aromatic rings. The fourth-order valence-corrected chi connectivity index (χ4v) is 3.37. The maximum absolute atomic E-state index is 9.29. The Labute approximate surface area is 121 Å². The number of piperazine rings is 1. The fraction of sp³-hybridized carbons (Fsp3) is 0.538. The Balaban J connectivity index is 2.22. The van der Waals surface area contributed by atoms with Crippen LogP contribution in [0.15, 0.2) is 22.7 Å². The van der Waals surface area contributed by atoms with Gasteiger partial charge in [-0.05, 0) is 24.1 Å². The van der Waals surface area contributed by atoms with Crippen LogP contribution in [0.4, 0.5) is 0 Å². The number of nitrogens with zero attached hydrogens (tertiary/aromatic N) is 1. The first kappa shape index (κ1) is 14.3. The minimum absolute atomic E-state index is 0.198. The Morgan fingerprint density at radius 2 is 2.11 bits per heavy atom. The van der Waals surface area contributed by atoms with Crippen LogP contribution in [0.2, 0.25) is 5.02 Å². The number of hydrogen-bond donors (Lipinski definition) is 2. The highest BCUT2D eigenvalue weighted by molar-refractivity contribution is 9.10. The third-order valence-corrected chi connectivity index (χ3v) is 4.24.